The molecule has 0 bridgehead atoms. The zero-order valence-corrected chi connectivity index (χ0v) is 12.8. The first-order chi connectivity index (χ1) is 10.3. The maximum absolute atomic E-state index is 3.27. The molecule has 0 spiro atoms. The van der Waals surface area contributed by atoms with Crippen LogP contribution in [0.15, 0.2) is 30.5 Å². The maximum atomic E-state index is 3.27. The van der Waals surface area contributed by atoms with Crippen LogP contribution in [0.5, 0.6) is 0 Å². The first-order valence-electron chi connectivity index (χ1n) is 7.99. The highest BCUT2D eigenvalue weighted by atomic mass is 15.3. The Hall–Kier alpha value is -1.36. The highest BCUT2D eigenvalue weighted by molar-refractivity contribution is 5.79. The highest BCUT2D eigenvalue weighted by Gasteiger charge is 2.30. The number of piperazine rings is 2. The summed E-state index contributed by atoms with van der Waals surface area (Å²) in [6.45, 7) is 8.39. The van der Waals surface area contributed by atoms with E-state index in [4.69, 9.17) is 0 Å². The van der Waals surface area contributed by atoms with Gasteiger partial charge in [-0.15, -0.1) is 0 Å². The van der Waals surface area contributed by atoms with E-state index in [-0.39, 0.29) is 0 Å². The van der Waals surface area contributed by atoms with Crippen LogP contribution in [0.2, 0.25) is 0 Å². The zero-order chi connectivity index (χ0) is 14.2. The molecule has 0 aliphatic carbocycles. The van der Waals surface area contributed by atoms with Gasteiger partial charge in [-0.3, -0.25) is 9.80 Å². The minimum atomic E-state index is 0.716. The van der Waals surface area contributed by atoms with Crippen molar-refractivity contribution in [3.05, 3.63) is 36.0 Å². The van der Waals surface area contributed by atoms with Gasteiger partial charge in [-0.25, -0.2) is 0 Å². The number of aromatic nitrogens is 1. The van der Waals surface area contributed by atoms with Crippen molar-refractivity contribution in [3.63, 3.8) is 0 Å². The van der Waals surface area contributed by atoms with Crippen LogP contribution in [0.4, 0.5) is 0 Å². The molecule has 4 nitrogen and oxygen atoms in total. The van der Waals surface area contributed by atoms with Crippen LogP contribution in [0.1, 0.15) is 5.56 Å². The summed E-state index contributed by atoms with van der Waals surface area (Å²) >= 11 is 0. The monoisotopic (exact) mass is 284 g/mol. The molecule has 1 aromatic heterocycles. The molecule has 21 heavy (non-hydrogen) atoms. The third-order valence-electron chi connectivity index (χ3n) is 5.00. The topological polar surface area (TPSA) is 25.5 Å². The smallest absolute Gasteiger partial charge is 0.0454 e. The third-order valence-corrected chi connectivity index (χ3v) is 5.00. The van der Waals surface area contributed by atoms with E-state index in [2.05, 4.69) is 51.0 Å². The largest absolute Gasteiger partial charge is 0.361 e. The molecule has 2 aliphatic heterocycles. The molecular formula is C17H24N4. The van der Waals surface area contributed by atoms with E-state index in [1.807, 2.05) is 6.20 Å². The molecule has 2 aromatic rings. The number of nitrogens with zero attached hydrogens (tertiary/aromatic N) is 3. The lowest BCUT2D eigenvalue weighted by atomic mass is 10.1. The lowest BCUT2D eigenvalue weighted by molar-refractivity contribution is 0.0175. The number of likely N-dealkylation sites (N-methyl/N-ethyl adjacent to an activating group) is 1. The van der Waals surface area contributed by atoms with Gasteiger partial charge in [0, 0.05) is 63.6 Å². The number of fused-ring (bicyclic) bond motifs is 2. The third kappa shape index (κ3) is 2.71. The second-order valence-electron chi connectivity index (χ2n) is 6.59. The van der Waals surface area contributed by atoms with Crippen molar-refractivity contribution in [3.8, 4) is 0 Å². The molecule has 1 atom stereocenters. The van der Waals surface area contributed by atoms with Crippen LogP contribution in [0.3, 0.4) is 0 Å². The molecule has 2 saturated heterocycles. The van der Waals surface area contributed by atoms with E-state index in [1.54, 1.807) is 0 Å². The van der Waals surface area contributed by atoms with Crippen LogP contribution < -0.4 is 0 Å². The molecule has 2 aliphatic rings. The quantitative estimate of drug-likeness (QED) is 0.907. The lowest BCUT2D eigenvalue weighted by Crippen LogP contribution is -2.60. The number of hydrogen-bond donors (Lipinski definition) is 1. The van der Waals surface area contributed by atoms with E-state index < -0.39 is 0 Å². The Balaban J connectivity index is 1.44. The van der Waals surface area contributed by atoms with Crippen molar-refractivity contribution in [2.75, 3.05) is 46.3 Å². The molecular weight excluding hydrogens is 260 g/mol. The van der Waals surface area contributed by atoms with E-state index in [9.17, 15) is 0 Å². The zero-order valence-electron chi connectivity index (χ0n) is 12.8. The van der Waals surface area contributed by atoms with Gasteiger partial charge in [-0.2, -0.15) is 0 Å². The Morgan fingerprint density at radius 1 is 1.10 bits per heavy atom. The van der Waals surface area contributed by atoms with Gasteiger partial charge in [0.15, 0.2) is 0 Å². The first kappa shape index (κ1) is 13.3. The van der Waals surface area contributed by atoms with Gasteiger partial charge in [0.2, 0.25) is 0 Å². The fourth-order valence-electron chi connectivity index (χ4n) is 3.78. The normalized spacial score (nSPS) is 25.3. The highest BCUT2D eigenvalue weighted by Crippen LogP contribution is 2.19. The summed E-state index contributed by atoms with van der Waals surface area (Å²) in [6.07, 6.45) is 2.02. The Labute approximate surface area is 126 Å². The second kappa shape index (κ2) is 5.44. The molecule has 3 heterocycles. The Kier molecular flexibility index (Phi) is 3.45. The average Bonchev–Trinajstić information content (AvgIpc) is 2.94. The molecule has 2 fully saturated rings. The van der Waals surface area contributed by atoms with Crippen molar-refractivity contribution in [1.82, 2.24) is 19.7 Å². The minimum Gasteiger partial charge on any atom is -0.361 e. The van der Waals surface area contributed by atoms with Crippen molar-refractivity contribution >= 4 is 10.9 Å². The van der Waals surface area contributed by atoms with Gasteiger partial charge in [0.1, 0.15) is 0 Å². The lowest BCUT2D eigenvalue weighted by Gasteiger charge is -2.46. The van der Waals surface area contributed by atoms with Crippen LogP contribution in [-0.2, 0) is 6.54 Å². The Morgan fingerprint density at radius 2 is 2.00 bits per heavy atom. The van der Waals surface area contributed by atoms with E-state index in [0.29, 0.717) is 6.04 Å². The van der Waals surface area contributed by atoms with Crippen molar-refractivity contribution in [2.24, 2.45) is 0 Å². The van der Waals surface area contributed by atoms with Gasteiger partial charge in [0.25, 0.3) is 0 Å². The summed E-state index contributed by atoms with van der Waals surface area (Å²) in [5, 5.41) is 1.32. The van der Waals surface area contributed by atoms with Crippen LogP contribution in [-0.4, -0.2) is 72.0 Å². The number of rotatable bonds is 2. The molecule has 112 valence electrons. The molecule has 0 radical (unpaired) electrons. The van der Waals surface area contributed by atoms with Gasteiger partial charge in [-0.05, 0) is 36.2 Å². The van der Waals surface area contributed by atoms with E-state index >= 15 is 0 Å². The van der Waals surface area contributed by atoms with Gasteiger partial charge in [0.05, 0.1) is 0 Å². The van der Waals surface area contributed by atoms with Gasteiger partial charge in [-0.1, -0.05) is 6.07 Å². The Morgan fingerprint density at radius 3 is 2.95 bits per heavy atom. The molecule has 1 aromatic carbocycles. The molecule has 1 N–H and O–H groups in total. The average molecular weight is 284 g/mol. The number of hydrogen-bond acceptors (Lipinski definition) is 3. The summed E-state index contributed by atoms with van der Waals surface area (Å²) in [5.74, 6) is 0. The molecule has 0 amide bonds. The van der Waals surface area contributed by atoms with Crippen molar-refractivity contribution in [1.29, 1.82) is 0 Å². The molecule has 4 rings (SSSR count). The number of aromatic amines is 1. The minimum absolute atomic E-state index is 0.716. The predicted octanol–water partition coefficient (Wildman–Crippen LogP) is 1.60. The fourth-order valence-corrected chi connectivity index (χ4v) is 3.78. The van der Waals surface area contributed by atoms with Crippen molar-refractivity contribution < 1.29 is 0 Å². The summed E-state index contributed by atoms with van der Waals surface area (Å²) in [5.41, 5.74) is 2.66. The predicted molar refractivity (Wildman–Crippen MR) is 86.4 cm³/mol. The maximum Gasteiger partial charge on any atom is 0.0454 e. The molecule has 1 unspecified atom stereocenters. The standard InChI is InChI=1S/C17H24N4/c1-19-6-8-21-9-7-20(13-16(21)12-19)11-14-2-3-17-15(10-14)4-5-18-17/h2-5,10,16,18H,6-9,11-13H2,1H3. The number of nitrogens with one attached hydrogen (secondary N) is 1. The Bertz CT molecular complexity index is 620. The first-order valence-corrected chi connectivity index (χ1v) is 7.99. The van der Waals surface area contributed by atoms with Crippen LogP contribution in [0, 0.1) is 0 Å². The SMILES string of the molecule is CN1CCN2CCN(Cc3ccc4[nH]ccc4c3)CC2C1. The van der Waals surface area contributed by atoms with E-state index in [0.717, 1.165) is 6.54 Å². The molecule has 0 saturated carbocycles. The summed E-state index contributed by atoms with van der Waals surface area (Å²) in [6, 6.07) is 9.67. The van der Waals surface area contributed by atoms with Gasteiger partial charge < -0.3 is 9.88 Å². The number of benzene rings is 1. The van der Waals surface area contributed by atoms with Gasteiger partial charge >= 0.3 is 0 Å². The summed E-state index contributed by atoms with van der Waals surface area (Å²) < 4.78 is 0. The summed E-state index contributed by atoms with van der Waals surface area (Å²) in [7, 11) is 2.25. The molecule has 4 heteroatoms. The second-order valence-corrected chi connectivity index (χ2v) is 6.59. The fraction of sp³-hybridized carbons (Fsp3) is 0.529. The number of H-pyrrole nitrogens is 1. The van der Waals surface area contributed by atoms with Crippen LogP contribution in [0.25, 0.3) is 10.9 Å². The van der Waals surface area contributed by atoms with Crippen molar-refractivity contribution in [2.45, 2.75) is 12.6 Å². The van der Waals surface area contributed by atoms with E-state index in [1.165, 1.54) is 55.7 Å². The summed E-state index contributed by atoms with van der Waals surface area (Å²) in [4.78, 5) is 11.0. The van der Waals surface area contributed by atoms with Crippen LogP contribution >= 0.6 is 0 Å².